The van der Waals surface area contributed by atoms with Crippen LogP contribution in [0.3, 0.4) is 0 Å². The molecule has 1 aliphatic rings. The van der Waals surface area contributed by atoms with Gasteiger partial charge in [0.15, 0.2) is 0 Å². The van der Waals surface area contributed by atoms with E-state index in [4.69, 9.17) is 11.6 Å². The summed E-state index contributed by atoms with van der Waals surface area (Å²) < 4.78 is 0. The van der Waals surface area contributed by atoms with Gasteiger partial charge in [-0.1, -0.05) is 11.6 Å². The number of rotatable bonds is 3. The second kappa shape index (κ2) is 6.02. The van der Waals surface area contributed by atoms with E-state index >= 15 is 0 Å². The molecule has 0 radical (unpaired) electrons. The van der Waals surface area contributed by atoms with E-state index in [-0.39, 0.29) is 5.91 Å². The van der Waals surface area contributed by atoms with Crippen LogP contribution in [0.25, 0.3) is 0 Å². The van der Waals surface area contributed by atoms with E-state index in [0.717, 1.165) is 18.9 Å². The molecule has 0 saturated carbocycles. The van der Waals surface area contributed by atoms with Crippen LogP contribution in [-0.2, 0) is 4.79 Å². The number of anilines is 1. The number of amides is 1. The highest BCUT2D eigenvalue weighted by Gasteiger charge is 2.22. The first-order valence-electron chi connectivity index (χ1n) is 6.00. The lowest BCUT2D eigenvalue weighted by Gasteiger charge is -2.35. The fraction of sp³-hybridized carbons (Fsp3) is 0.500. The average Bonchev–Trinajstić information content (AvgIpc) is 2.40. The van der Waals surface area contributed by atoms with Crippen LogP contribution in [0.4, 0.5) is 5.82 Å². The number of hydrogen-bond acceptors (Lipinski definition) is 4. The van der Waals surface area contributed by atoms with Gasteiger partial charge in [-0.2, -0.15) is 0 Å². The third-order valence-electron chi connectivity index (χ3n) is 3.00. The first kappa shape index (κ1) is 13.1. The molecule has 0 atom stereocenters. The molecule has 0 spiro atoms. The minimum Gasteiger partial charge on any atom is -0.352 e. The molecule has 1 aliphatic heterocycles. The van der Waals surface area contributed by atoms with Gasteiger partial charge < -0.3 is 15.1 Å². The van der Waals surface area contributed by atoms with Gasteiger partial charge in [-0.05, 0) is 19.2 Å². The number of nitrogens with one attached hydrogen (secondary N) is 1. The van der Waals surface area contributed by atoms with Gasteiger partial charge in [0.2, 0.25) is 5.91 Å². The fourth-order valence-corrected chi connectivity index (χ4v) is 2.28. The Morgan fingerprint density at radius 2 is 2.17 bits per heavy atom. The molecule has 1 N–H and O–H groups in total. The predicted octanol–water partition coefficient (Wildman–Crippen LogP) is 0.603. The van der Waals surface area contributed by atoms with Gasteiger partial charge in [0.25, 0.3) is 0 Å². The summed E-state index contributed by atoms with van der Waals surface area (Å²) >= 11 is 6.11. The molecule has 0 aromatic carbocycles. The quantitative estimate of drug-likeness (QED) is 0.872. The highest BCUT2D eigenvalue weighted by atomic mass is 35.5. The number of nitrogens with zero attached hydrogens (tertiary/aromatic N) is 3. The summed E-state index contributed by atoms with van der Waals surface area (Å²) in [6, 6.07) is 3.65. The zero-order valence-electron chi connectivity index (χ0n) is 10.4. The first-order chi connectivity index (χ1) is 8.72. The van der Waals surface area contributed by atoms with Crippen LogP contribution in [0.15, 0.2) is 18.3 Å². The van der Waals surface area contributed by atoms with Crippen LogP contribution in [0.2, 0.25) is 5.02 Å². The number of hydrogen-bond donors (Lipinski definition) is 1. The van der Waals surface area contributed by atoms with Crippen LogP contribution in [0, 0.1) is 0 Å². The second-order valence-corrected chi connectivity index (χ2v) is 4.61. The minimum atomic E-state index is 0.143. The van der Waals surface area contributed by atoms with Gasteiger partial charge in [-0.3, -0.25) is 4.79 Å². The van der Waals surface area contributed by atoms with E-state index in [0.29, 0.717) is 24.7 Å². The number of likely N-dealkylation sites (N-methyl/N-ethyl adjacent to an activating group) is 1. The topological polar surface area (TPSA) is 48.5 Å². The Hall–Kier alpha value is -1.33. The summed E-state index contributed by atoms with van der Waals surface area (Å²) in [5, 5.41) is 3.54. The van der Waals surface area contributed by atoms with E-state index in [1.165, 1.54) is 0 Å². The Morgan fingerprint density at radius 3 is 2.78 bits per heavy atom. The molecule has 1 saturated heterocycles. The zero-order valence-corrected chi connectivity index (χ0v) is 11.2. The normalized spacial score (nSPS) is 15.9. The molecule has 18 heavy (non-hydrogen) atoms. The van der Waals surface area contributed by atoms with Crippen molar-refractivity contribution in [2.24, 2.45) is 0 Å². The standard InChI is InChI=1S/C12H17ClN4O/c1-14-9-11(18)16-5-7-17(8-6-16)12-10(13)3-2-4-15-12/h2-4,14H,5-9H2,1H3. The summed E-state index contributed by atoms with van der Waals surface area (Å²) in [5.74, 6) is 0.948. The molecular formula is C12H17ClN4O. The van der Waals surface area contributed by atoms with Crippen LogP contribution in [0.5, 0.6) is 0 Å². The van der Waals surface area contributed by atoms with E-state index in [1.54, 1.807) is 13.2 Å². The smallest absolute Gasteiger partial charge is 0.236 e. The van der Waals surface area contributed by atoms with Gasteiger partial charge in [0.1, 0.15) is 5.82 Å². The molecule has 1 aromatic rings. The Kier molecular flexibility index (Phi) is 4.38. The average molecular weight is 269 g/mol. The van der Waals surface area contributed by atoms with Crippen molar-refractivity contribution in [3.05, 3.63) is 23.4 Å². The summed E-state index contributed by atoms with van der Waals surface area (Å²) in [4.78, 5) is 20.0. The van der Waals surface area contributed by atoms with Crippen LogP contribution >= 0.6 is 11.6 Å². The van der Waals surface area contributed by atoms with Gasteiger partial charge in [-0.15, -0.1) is 0 Å². The molecule has 0 unspecified atom stereocenters. The Morgan fingerprint density at radius 1 is 1.44 bits per heavy atom. The molecule has 2 heterocycles. The van der Waals surface area contributed by atoms with E-state index in [9.17, 15) is 4.79 Å². The number of carbonyl (C=O) groups excluding carboxylic acids is 1. The molecule has 0 aliphatic carbocycles. The van der Waals surface area contributed by atoms with Crippen LogP contribution in [-0.4, -0.2) is 55.6 Å². The summed E-state index contributed by atoms with van der Waals surface area (Å²) in [7, 11) is 1.78. The lowest BCUT2D eigenvalue weighted by Crippen LogP contribution is -2.50. The molecule has 6 heteroatoms. The highest BCUT2D eigenvalue weighted by molar-refractivity contribution is 6.32. The molecule has 5 nitrogen and oxygen atoms in total. The van der Waals surface area contributed by atoms with Crippen molar-refractivity contribution in [3.8, 4) is 0 Å². The maximum absolute atomic E-state index is 11.7. The Labute approximate surface area is 112 Å². The van der Waals surface area contributed by atoms with E-state index < -0.39 is 0 Å². The van der Waals surface area contributed by atoms with Gasteiger partial charge in [0, 0.05) is 32.4 Å². The first-order valence-corrected chi connectivity index (χ1v) is 6.38. The minimum absolute atomic E-state index is 0.143. The Bertz CT molecular complexity index is 418. The SMILES string of the molecule is CNCC(=O)N1CCN(c2ncccc2Cl)CC1. The van der Waals surface area contributed by atoms with E-state index in [1.807, 2.05) is 17.0 Å². The molecule has 1 fully saturated rings. The maximum Gasteiger partial charge on any atom is 0.236 e. The van der Waals surface area contributed by atoms with Gasteiger partial charge in [-0.25, -0.2) is 4.98 Å². The molecule has 98 valence electrons. The van der Waals surface area contributed by atoms with E-state index in [2.05, 4.69) is 15.2 Å². The van der Waals surface area contributed by atoms with Crippen molar-refractivity contribution >= 4 is 23.3 Å². The lowest BCUT2D eigenvalue weighted by molar-refractivity contribution is -0.130. The third kappa shape index (κ3) is 2.91. The third-order valence-corrected chi connectivity index (χ3v) is 3.29. The highest BCUT2D eigenvalue weighted by Crippen LogP contribution is 2.23. The van der Waals surface area contributed by atoms with Crippen LogP contribution in [0.1, 0.15) is 0 Å². The molecule has 2 rings (SSSR count). The second-order valence-electron chi connectivity index (χ2n) is 4.21. The summed E-state index contributed by atoms with van der Waals surface area (Å²) in [6.45, 7) is 3.36. The predicted molar refractivity (Wildman–Crippen MR) is 72.0 cm³/mol. The van der Waals surface area contributed by atoms with Crippen molar-refractivity contribution in [1.29, 1.82) is 0 Å². The van der Waals surface area contributed by atoms with Gasteiger partial charge in [0.05, 0.1) is 11.6 Å². The van der Waals surface area contributed by atoms with Crippen molar-refractivity contribution in [3.63, 3.8) is 0 Å². The van der Waals surface area contributed by atoms with Crippen LogP contribution < -0.4 is 10.2 Å². The monoisotopic (exact) mass is 268 g/mol. The summed E-state index contributed by atoms with van der Waals surface area (Å²) in [5.41, 5.74) is 0. The van der Waals surface area contributed by atoms with Crippen molar-refractivity contribution in [1.82, 2.24) is 15.2 Å². The molecule has 1 amide bonds. The maximum atomic E-state index is 11.7. The van der Waals surface area contributed by atoms with Crippen molar-refractivity contribution in [2.75, 3.05) is 44.7 Å². The number of halogens is 1. The fourth-order valence-electron chi connectivity index (χ4n) is 2.04. The lowest BCUT2D eigenvalue weighted by atomic mass is 10.3. The number of carbonyl (C=O) groups is 1. The zero-order chi connectivity index (χ0) is 13.0. The molecule has 0 bridgehead atoms. The molecular weight excluding hydrogens is 252 g/mol. The van der Waals surface area contributed by atoms with Crippen molar-refractivity contribution < 1.29 is 4.79 Å². The van der Waals surface area contributed by atoms with Crippen molar-refractivity contribution in [2.45, 2.75) is 0 Å². The number of aromatic nitrogens is 1. The van der Waals surface area contributed by atoms with Gasteiger partial charge >= 0.3 is 0 Å². The number of piperazine rings is 1. The molecule has 1 aromatic heterocycles. The number of pyridine rings is 1. The Balaban J connectivity index is 1.95. The summed E-state index contributed by atoms with van der Waals surface area (Å²) in [6.07, 6.45) is 1.74. The largest absolute Gasteiger partial charge is 0.352 e.